The van der Waals surface area contributed by atoms with Gasteiger partial charge in [-0.3, -0.25) is 0 Å². The number of alkyl halides is 1. The first-order valence-corrected chi connectivity index (χ1v) is 8.68. The summed E-state index contributed by atoms with van der Waals surface area (Å²) < 4.78 is 0.306. The highest BCUT2D eigenvalue weighted by Crippen LogP contribution is 2.33. The maximum absolute atomic E-state index is 3.69. The van der Waals surface area contributed by atoms with Crippen LogP contribution in [0, 0.1) is 0 Å². The van der Waals surface area contributed by atoms with Crippen molar-refractivity contribution in [2.75, 3.05) is 0 Å². The maximum Gasteiger partial charge on any atom is 0.140 e. The Balaban J connectivity index is 4.02. The third-order valence-corrected chi connectivity index (χ3v) is 11.8. The van der Waals surface area contributed by atoms with Gasteiger partial charge >= 0.3 is 0 Å². The van der Waals surface area contributed by atoms with Crippen LogP contribution in [0.4, 0.5) is 0 Å². The van der Waals surface area contributed by atoms with Gasteiger partial charge in [0, 0.05) is 3.95 Å². The van der Waals surface area contributed by atoms with Gasteiger partial charge in [-0.05, 0) is 0 Å². The Labute approximate surface area is 68.8 Å². The monoisotopic (exact) mass is 258 g/mol. The second kappa shape index (κ2) is 2.43. The summed E-state index contributed by atoms with van der Waals surface area (Å²) in [7, 11) is 0. The van der Waals surface area contributed by atoms with Gasteiger partial charge in [0.05, 0.1) is 0 Å². The standard InChI is InChI=1S/C5H12Br2Si/c1-5(2,6)8(3,4)7/h1-4H3. The normalized spacial score (nSPS) is 14.2. The largest absolute Gasteiger partial charge is 0.140 e. The van der Waals surface area contributed by atoms with Crippen molar-refractivity contribution in [2.24, 2.45) is 0 Å². The Kier molecular flexibility index (Phi) is 2.78. The van der Waals surface area contributed by atoms with Gasteiger partial charge in [-0.15, -0.1) is 15.3 Å². The quantitative estimate of drug-likeness (QED) is 0.385. The molecule has 0 nitrogen and oxygen atoms in total. The molecule has 0 saturated carbocycles. The van der Waals surface area contributed by atoms with Gasteiger partial charge in [-0.2, -0.15) is 0 Å². The van der Waals surface area contributed by atoms with Crippen molar-refractivity contribution < 1.29 is 0 Å². The molecule has 0 amide bonds. The highest BCUT2D eigenvalue weighted by Gasteiger charge is 2.34. The van der Waals surface area contributed by atoms with Gasteiger partial charge < -0.3 is 0 Å². The second-order valence-corrected chi connectivity index (χ2v) is 15.8. The Morgan fingerprint density at radius 1 is 1.25 bits per heavy atom. The van der Waals surface area contributed by atoms with E-state index < -0.39 is 6.69 Å². The van der Waals surface area contributed by atoms with E-state index in [1.807, 2.05) is 0 Å². The summed E-state index contributed by atoms with van der Waals surface area (Å²) in [6, 6.07) is 0. The first-order valence-electron chi connectivity index (χ1n) is 2.63. The van der Waals surface area contributed by atoms with Crippen LogP contribution < -0.4 is 0 Å². The molecule has 0 saturated heterocycles. The molecule has 0 atom stereocenters. The molecule has 0 aliphatic rings. The van der Waals surface area contributed by atoms with Gasteiger partial charge in [0.2, 0.25) is 0 Å². The fourth-order valence-electron chi connectivity index (χ4n) is 0. The van der Waals surface area contributed by atoms with E-state index in [0.29, 0.717) is 3.95 Å². The Morgan fingerprint density at radius 3 is 1.38 bits per heavy atom. The number of hydrogen-bond donors (Lipinski definition) is 0. The van der Waals surface area contributed by atoms with E-state index in [0.717, 1.165) is 0 Å². The average molecular weight is 260 g/mol. The fourth-order valence-corrected chi connectivity index (χ4v) is 0. The molecule has 0 aliphatic carbocycles. The van der Waals surface area contributed by atoms with E-state index in [2.05, 4.69) is 58.2 Å². The minimum Gasteiger partial charge on any atom is -0.125 e. The molecule has 0 aromatic heterocycles. The van der Waals surface area contributed by atoms with E-state index in [9.17, 15) is 0 Å². The number of halogens is 2. The Bertz CT molecular complexity index is 65.4. The SMILES string of the molecule is CC(C)(Br)[Si](C)(C)Br. The summed E-state index contributed by atoms with van der Waals surface area (Å²) in [5, 5.41) is 0. The van der Waals surface area contributed by atoms with E-state index >= 15 is 0 Å². The van der Waals surface area contributed by atoms with Gasteiger partial charge in [-0.1, -0.05) is 42.9 Å². The average Bonchev–Trinajstić information content (AvgIpc) is 1.25. The molecule has 0 fully saturated rings. The molecular weight excluding hydrogens is 248 g/mol. The zero-order valence-corrected chi connectivity index (χ0v) is 9.93. The molecule has 0 aromatic rings. The Morgan fingerprint density at radius 2 is 1.38 bits per heavy atom. The van der Waals surface area contributed by atoms with Crippen LogP contribution in [0.15, 0.2) is 0 Å². The molecule has 0 spiro atoms. The number of rotatable bonds is 1. The van der Waals surface area contributed by atoms with Crippen LogP contribution in [-0.4, -0.2) is 10.6 Å². The Hall–Kier alpha value is 1.18. The summed E-state index contributed by atoms with van der Waals surface area (Å²) in [4.78, 5) is 0. The van der Waals surface area contributed by atoms with Crippen LogP contribution in [0.25, 0.3) is 0 Å². The first kappa shape index (κ1) is 9.18. The zero-order valence-electron chi connectivity index (χ0n) is 5.76. The lowest BCUT2D eigenvalue weighted by Crippen LogP contribution is -2.38. The third-order valence-electron chi connectivity index (χ3n) is 1.41. The van der Waals surface area contributed by atoms with Crippen LogP contribution in [0.3, 0.4) is 0 Å². The lowest BCUT2D eigenvalue weighted by molar-refractivity contribution is 0.993. The highest BCUT2D eigenvalue weighted by atomic mass is 79.9. The smallest absolute Gasteiger partial charge is 0.125 e. The molecule has 0 radical (unpaired) electrons. The summed E-state index contributed by atoms with van der Waals surface area (Å²) in [5.41, 5.74) is 0. The van der Waals surface area contributed by atoms with E-state index in [1.165, 1.54) is 0 Å². The van der Waals surface area contributed by atoms with Crippen LogP contribution in [0.2, 0.25) is 13.1 Å². The van der Waals surface area contributed by atoms with Crippen LogP contribution in [0.1, 0.15) is 13.8 Å². The van der Waals surface area contributed by atoms with Crippen LogP contribution >= 0.6 is 31.2 Å². The number of hydrogen-bond acceptors (Lipinski definition) is 0. The second-order valence-electron chi connectivity index (χ2n) is 2.94. The maximum atomic E-state index is 3.69. The molecule has 0 rings (SSSR count). The van der Waals surface area contributed by atoms with Crippen molar-refractivity contribution in [3.63, 3.8) is 0 Å². The van der Waals surface area contributed by atoms with Crippen molar-refractivity contribution in [3.8, 4) is 0 Å². The van der Waals surface area contributed by atoms with Crippen molar-refractivity contribution >= 4 is 37.9 Å². The first-order chi connectivity index (χ1) is 3.25. The van der Waals surface area contributed by atoms with E-state index in [4.69, 9.17) is 0 Å². The molecule has 3 heteroatoms. The van der Waals surface area contributed by atoms with Gasteiger partial charge in [0.15, 0.2) is 0 Å². The summed E-state index contributed by atoms with van der Waals surface area (Å²) in [5.74, 6) is 0. The molecule has 50 valence electrons. The minimum absolute atomic E-state index is 0.306. The van der Waals surface area contributed by atoms with Crippen molar-refractivity contribution in [1.29, 1.82) is 0 Å². The van der Waals surface area contributed by atoms with Gasteiger partial charge in [0.25, 0.3) is 0 Å². The molecule has 0 aliphatic heterocycles. The fraction of sp³-hybridized carbons (Fsp3) is 1.00. The molecule has 0 aromatic carbocycles. The lowest BCUT2D eigenvalue weighted by atomic mass is 10.6. The zero-order chi connectivity index (χ0) is 7.00. The van der Waals surface area contributed by atoms with Crippen molar-refractivity contribution in [3.05, 3.63) is 0 Å². The molecule has 0 heterocycles. The lowest BCUT2D eigenvalue weighted by Gasteiger charge is -2.28. The van der Waals surface area contributed by atoms with E-state index in [1.54, 1.807) is 0 Å². The van der Waals surface area contributed by atoms with Crippen molar-refractivity contribution in [1.82, 2.24) is 0 Å². The summed E-state index contributed by atoms with van der Waals surface area (Å²) in [6.45, 7) is 7.83. The van der Waals surface area contributed by atoms with Gasteiger partial charge in [0.1, 0.15) is 6.69 Å². The molecular formula is C5H12Br2Si. The predicted molar refractivity (Wildman–Crippen MR) is 49.4 cm³/mol. The van der Waals surface area contributed by atoms with Crippen molar-refractivity contribution in [2.45, 2.75) is 30.9 Å². The molecule has 0 N–H and O–H groups in total. The third kappa shape index (κ3) is 2.64. The highest BCUT2D eigenvalue weighted by molar-refractivity contribution is 9.27. The molecule has 8 heavy (non-hydrogen) atoms. The van der Waals surface area contributed by atoms with Crippen LogP contribution in [-0.2, 0) is 0 Å². The minimum atomic E-state index is -1.13. The summed E-state index contributed by atoms with van der Waals surface area (Å²) >= 11 is 7.30. The molecule has 0 bridgehead atoms. The van der Waals surface area contributed by atoms with Crippen LogP contribution in [0.5, 0.6) is 0 Å². The predicted octanol–water partition coefficient (Wildman–Crippen LogP) is 3.30. The summed E-state index contributed by atoms with van der Waals surface area (Å²) in [6.07, 6.45) is 0. The topological polar surface area (TPSA) is 0 Å². The van der Waals surface area contributed by atoms with Gasteiger partial charge in [-0.25, -0.2) is 0 Å². The molecule has 0 unspecified atom stereocenters. The van der Waals surface area contributed by atoms with E-state index in [-0.39, 0.29) is 0 Å².